The SMILES string of the molecule is O=C(N[C@@H](CCO)c1cccs1)OCC1c2ccccc2-c2ccccc21. The lowest BCUT2D eigenvalue weighted by molar-refractivity contribution is 0.137. The molecule has 0 spiro atoms. The van der Waals surface area contributed by atoms with Gasteiger partial charge >= 0.3 is 6.09 Å². The zero-order valence-corrected chi connectivity index (χ0v) is 15.6. The molecular weight excluding hydrogens is 358 g/mol. The smallest absolute Gasteiger partial charge is 0.407 e. The number of aliphatic hydroxyl groups excluding tert-OH is 1. The highest BCUT2D eigenvalue weighted by Gasteiger charge is 2.29. The van der Waals surface area contributed by atoms with Crippen LogP contribution in [-0.4, -0.2) is 24.4 Å². The Labute approximate surface area is 162 Å². The molecule has 3 aromatic rings. The van der Waals surface area contributed by atoms with Crippen LogP contribution >= 0.6 is 11.3 Å². The van der Waals surface area contributed by atoms with Crippen molar-refractivity contribution in [2.45, 2.75) is 18.4 Å². The van der Waals surface area contributed by atoms with Gasteiger partial charge in [-0.15, -0.1) is 11.3 Å². The molecule has 27 heavy (non-hydrogen) atoms. The summed E-state index contributed by atoms with van der Waals surface area (Å²) in [6, 6.07) is 20.2. The fraction of sp³-hybridized carbons (Fsp3) is 0.227. The summed E-state index contributed by atoms with van der Waals surface area (Å²) >= 11 is 1.56. The summed E-state index contributed by atoms with van der Waals surface area (Å²) in [5, 5.41) is 14.1. The van der Waals surface area contributed by atoms with Gasteiger partial charge in [-0.2, -0.15) is 0 Å². The van der Waals surface area contributed by atoms with E-state index in [4.69, 9.17) is 4.74 Å². The molecule has 2 N–H and O–H groups in total. The molecule has 0 unspecified atom stereocenters. The highest BCUT2D eigenvalue weighted by atomic mass is 32.1. The average molecular weight is 379 g/mol. The molecule has 1 atom stereocenters. The molecule has 4 nitrogen and oxygen atoms in total. The van der Waals surface area contributed by atoms with E-state index < -0.39 is 6.09 Å². The van der Waals surface area contributed by atoms with Crippen molar-refractivity contribution in [3.8, 4) is 11.1 Å². The highest BCUT2D eigenvalue weighted by molar-refractivity contribution is 7.10. The van der Waals surface area contributed by atoms with E-state index in [1.807, 2.05) is 41.8 Å². The van der Waals surface area contributed by atoms with Crippen LogP contribution in [-0.2, 0) is 4.74 Å². The maximum Gasteiger partial charge on any atom is 0.407 e. The Morgan fingerprint density at radius 2 is 1.70 bits per heavy atom. The van der Waals surface area contributed by atoms with Crippen LogP contribution in [0.2, 0.25) is 0 Å². The van der Waals surface area contributed by atoms with Gasteiger partial charge in [0.15, 0.2) is 0 Å². The summed E-state index contributed by atoms with van der Waals surface area (Å²) in [7, 11) is 0. The fourth-order valence-electron chi connectivity index (χ4n) is 3.69. The van der Waals surface area contributed by atoms with Gasteiger partial charge in [0.2, 0.25) is 0 Å². The zero-order valence-electron chi connectivity index (χ0n) is 14.8. The molecule has 5 heteroatoms. The van der Waals surface area contributed by atoms with E-state index in [9.17, 15) is 9.90 Å². The van der Waals surface area contributed by atoms with Crippen LogP contribution in [0, 0.1) is 0 Å². The van der Waals surface area contributed by atoms with Crippen molar-refractivity contribution >= 4 is 17.4 Å². The molecule has 4 rings (SSSR count). The summed E-state index contributed by atoms with van der Waals surface area (Å²) in [6.45, 7) is 0.294. The Kier molecular flexibility index (Phi) is 5.23. The zero-order chi connectivity index (χ0) is 18.6. The Morgan fingerprint density at radius 1 is 1.04 bits per heavy atom. The van der Waals surface area contributed by atoms with Gasteiger partial charge in [0.1, 0.15) is 6.61 Å². The maximum atomic E-state index is 12.4. The normalized spacial score (nSPS) is 13.7. The van der Waals surface area contributed by atoms with Crippen molar-refractivity contribution in [3.05, 3.63) is 82.0 Å². The second-order valence-electron chi connectivity index (χ2n) is 6.55. The minimum atomic E-state index is -0.455. The van der Waals surface area contributed by atoms with Gasteiger partial charge in [-0.1, -0.05) is 54.6 Å². The molecule has 1 aromatic heterocycles. The minimum absolute atomic E-state index is 0.00617. The van der Waals surface area contributed by atoms with Crippen LogP contribution in [0.5, 0.6) is 0 Å². The number of aliphatic hydroxyl groups is 1. The van der Waals surface area contributed by atoms with Crippen molar-refractivity contribution < 1.29 is 14.6 Å². The number of fused-ring (bicyclic) bond motifs is 3. The number of thiophene rings is 1. The predicted molar refractivity (Wildman–Crippen MR) is 107 cm³/mol. The van der Waals surface area contributed by atoms with Crippen LogP contribution in [0.25, 0.3) is 11.1 Å². The van der Waals surface area contributed by atoms with Gasteiger partial charge in [0.25, 0.3) is 0 Å². The van der Waals surface area contributed by atoms with Crippen LogP contribution in [0.3, 0.4) is 0 Å². The Hall–Kier alpha value is -2.63. The predicted octanol–water partition coefficient (Wildman–Crippen LogP) is 4.71. The highest BCUT2D eigenvalue weighted by Crippen LogP contribution is 2.44. The topological polar surface area (TPSA) is 58.6 Å². The lowest BCUT2D eigenvalue weighted by atomic mass is 9.98. The molecule has 0 radical (unpaired) electrons. The van der Waals surface area contributed by atoms with Gasteiger partial charge in [0, 0.05) is 17.4 Å². The molecular formula is C22H21NO3S. The number of alkyl carbamates (subject to hydrolysis) is 1. The summed E-state index contributed by atoms with van der Waals surface area (Å²) < 4.78 is 5.59. The van der Waals surface area contributed by atoms with Crippen molar-refractivity contribution in [1.29, 1.82) is 0 Å². The third-order valence-corrected chi connectivity index (χ3v) is 5.93. The van der Waals surface area contributed by atoms with Crippen LogP contribution in [0.4, 0.5) is 4.79 Å². The van der Waals surface area contributed by atoms with Gasteiger partial charge in [-0.3, -0.25) is 0 Å². The largest absolute Gasteiger partial charge is 0.449 e. The Balaban J connectivity index is 1.46. The number of carbonyl (C=O) groups is 1. The number of hydrogen-bond donors (Lipinski definition) is 2. The van der Waals surface area contributed by atoms with E-state index in [1.54, 1.807) is 11.3 Å². The van der Waals surface area contributed by atoms with Crippen LogP contribution < -0.4 is 5.32 Å². The van der Waals surface area contributed by atoms with Crippen molar-refractivity contribution in [2.24, 2.45) is 0 Å². The Morgan fingerprint density at radius 3 is 2.30 bits per heavy atom. The summed E-state index contributed by atoms with van der Waals surface area (Å²) in [5.74, 6) is 0.0428. The molecule has 0 fully saturated rings. The molecule has 0 bridgehead atoms. The second kappa shape index (κ2) is 7.94. The van der Waals surface area contributed by atoms with Gasteiger partial charge in [-0.05, 0) is 40.1 Å². The number of hydrogen-bond acceptors (Lipinski definition) is 4. The molecule has 0 aliphatic heterocycles. The van der Waals surface area contributed by atoms with Crippen molar-refractivity contribution in [3.63, 3.8) is 0 Å². The molecule has 1 aliphatic rings. The standard InChI is InChI=1S/C22H21NO3S/c24-12-11-20(21-10-5-13-27-21)23-22(25)26-14-19-17-8-3-1-6-15(17)16-7-2-4-9-18(16)19/h1-10,13,19-20,24H,11-12,14H2,(H,23,25)/t20-/m0/s1. The number of nitrogens with one attached hydrogen (secondary N) is 1. The van der Waals surface area contributed by atoms with Gasteiger partial charge in [0.05, 0.1) is 6.04 Å². The quantitative estimate of drug-likeness (QED) is 0.652. The minimum Gasteiger partial charge on any atom is -0.449 e. The monoisotopic (exact) mass is 379 g/mol. The van der Waals surface area contributed by atoms with E-state index in [1.165, 1.54) is 22.3 Å². The van der Waals surface area contributed by atoms with Gasteiger partial charge in [-0.25, -0.2) is 4.79 Å². The molecule has 1 aliphatic carbocycles. The third-order valence-electron chi connectivity index (χ3n) is 4.94. The molecule has 0 saturated carbocycles. The maximum absolute atomic E-state index is 12.4. The summed E-state index contributed by atoms with van der Waals surface area (Å²) in [4.78, 5) is 13.4. The first-order chi connectivity index (χ1) is 13.3. The van der Waals surface area contributed by atoms with Gasteiger partial charge < -0.3 is 15.2 Å². The number of ether oxygens (including phenoxy) is 1. The first-order valence-electron chi connectivity index (χ1n) is 9.03. The van der Waals surface area contributed by atoms with E-state index >= 15 is 0 Å². The van der Waals surface area contributed by atoms with E-state index in [0.29, 0.717) is 6.42 Å². The fourth-order valence-corrected chi connectivity index (χ4v) is 4.50. The number of carbonyl (C=O) groups excluding carboxylic acids is 1. The molecule has 2 aromatic carbocycles. The summed E-state index contributed by atoms with van der Waals surface area (Å²) in [6.07, 6.45) is 0.00811. The molecule has 138 valence electrons. The second-order valence-corrected chi connectivity index (χ2v) is 7.53. The van der Waals surface area contributed by atoms with Crippen LogP contribution in [0.15, 0.2) is 66.0 Å². The average Bonchev–Trinajstić information content (AvgIpc) is 3.33. The number of amides is 1. The first kappa shape index (κ1) is 17.8. The number of benzene rings is 2. The lowest BCUT2D eigenvalue weighted by Gasteiger charge is -2.18. The van der Waals surface area contributed by atoms with E-state index in [2.05, 4.69) is 29.6 Å². The third kappa shape index (κ3) is 3.61. The molecule has 1 heterocycles. The van der Waals surface area contributed by atoms with Crippen molar-refractivity contribution in [2.75, 3.05) is 13.2 Å². The molecule has 0 saturated heterocycles. The van der Waals surface area contributed by atoms with Crippen LogP contribution in [0.1, 0.15) is 34.4 Å². The Bertz CT molecular complexity index is 877. The van der Waals surface area contributed by atoms with Crippen molar-refractivity contribution in [1.82, 2.24) is 5.32 Å². The lowest BCUT2D eigenvalue weighted by Crippen LogP contribution is -2.30. The van der Waals surface area contributed by atoms with E-state index in [-0.39, 0.29) is 25.2 Å². The number of rotatable bonds is 6. The summed E-state index contributed by atoms with van der Waals surface area (Å²) in [5.41, 5.74) is 4.80. The first-order valence-corrected chi connectivity index (χ1v) is 9.91. The van der Waals surface area contributed by atoms with E-state index in [0.717, 1.165) is 4.88 Å². The molecule has 1 amide bonds.